The molecule has 0 saturated heterocycles. The Morgan fingerprint density at radius 2 is 1.86 bits per heavy atom. The van der Waals surface area contributed by atoms with Crippen molar-refractivity contribution in [2.75, 3.05) is 20.3 Å². The van der Waals surface area contributed by atoms with Crippen molar-refractivity contribution in [2.45, 2.75) is 53.0 Å². The van der Waals surface area contributed by atoms with E-state index in [0.29, 0.717) is 11.5 Å². The van der Waals surface area contributed by atoms with Crippen LogP contribution >= 0.6 is 0 Å². The summed E-state index contributed by atoms with van der Waals surface area (Å²) < 4.78 is 5.58. The largest absolute Gasteiger partial charge is 0.381 e. The van der Waals surface area contributed by atoms with Crippen LogP contribution in [0.3, 0.4) is 0 Å². The average Bonchev–Trinajstić information content (AvgIpc) is 2.08. The highest BCUT2D eigenvalue weighted by Gasteiger charge is 2.08. The molecule has 0 aromatic rings. The SMILES string of the molecule is CNC(C)CCCOCCC(C)(C)C. The summed E-state index contributed by atoms with van der Waals surface area (Å²) in [5.74, 6) is 0. The Kier molecular flexibility index (Phi) is 7.20. The van der Waals surface area contributed by atoms with Crippen molar-refractivity contribution in [3.63, 3.8) is 0 Å². The first-order valence-electron chi connectivity index (χ1n) is 5.71. The van der Waals surface area contributed by atoms with E-state index in [9.17, 15) is 0 Å². The molecule has 0 aliphatic carbocycles. The quantitative estimate of drug-likeness (QED) is 0.640. The van der Waals surface area contributed by atoms with E-state index < -0.39 is 0 Å². The van der Waals surface area contributed by atoms with Crippen LogP contribution in [0.1, 0.15) is 47.0 Å². The number of ether oxygens (including phenoxy) is 1. The maximum atomic E-state index is 5.58. The van der Waals surface area contributed by atoms with Gasteiger partial charge in [-0.3, -0.25) is 0 Å². The minimum Gasteiger partial charge on any atom is -0.381 e. The van der Waals surface area contributed by atoms with Crippen molar-refractivity contribution in [1.29, 1.82) is 0 Å². The van der Waals surface area contributed by atoms with Crippen LogP contribution in [-0.2, 0) is 4.74 Å². The van der Waals surface area contributed by atoms with Crippen LogP contribution in [0.15, 0.2) is 0 Å². The van der Waals surface area contributed by atoms with Gasteiger partial charge >= 0.3 is 0 Å². The van der Waals surface area contributed by atoms with Gasteiger partial charge in [0.25, 0.3) is 0 Å². The molecule has 0 aromatic carbocycles. The molecule has 2 heteroatoms. The van der Waals surface area contributed by atoms with E-state index in [1.807, 2.05) is 7.05 Å². The zero-order valence-corrected chi connectivity index (χ0v) is 10.5. The van der Waals surface area contributed by atoms with E-state index >= 15 is 0 Å². The van der Waals surface area contributed by atoms with E-state index in [1.54, 1.807) is 0 Å². The maximum absolute atomic E-state index is 5.58. The van der Waals surface area contributed by atoms with Gasteiger partial charge in [-0.15, -0.1) is 0 Å². The predicted molar refractivity (Wildman–Crippen MR) is 62.6 cm³/mol. The van der Waals surface area contributed by atoms with Crippen LogP contribution in [0.4, 0.5) is 0 Å². The molecule has 0 heterocycles. The molecule has 0 rings (SSSR count). The van der Waals surface area contributed by atoms with E-state index in [4.69, 9.17) is 4.74 Å². The summed E-state index contributed by atoms with van der Waals surface area (Å²) in [4.78, 5) is 0. The van der Waals surface area contributed by atoms with Crippen molar-refractivity contribution >= 4 is 0 Å². The number of rotatable bonds is 7. The molecule has 2 nitrogen and oxygen atoms in total. The molecule has 0 saturated carbocycles. The summed E-state index contributed by atoms with van der Waals surface area (Å²) in [6.45, 7) is 10.8. The molecule has 1 N–H and O–H groups in total. The molecule has 0 aromatic heterocycles. The number of hydrogen-bond acceptors (Lipinski definition) is 2. The van der Waals surface area contributed by atoms with E-state index in [-0.39, 0.29) is 0 Å². The Morgan fingerprint density at radius 1 is 1.21 bits per heavy atom. The highest BCUT2D eigenvalue weighted by molar-refractivity contribution is 4.60. The van der Waals surface area contributed by atoms with Crippen LogP contribution in [0.5, 0.6) is 0 Å². The minimum atomic E-state index is 0.401. The molecule has 1 atom stereocenters. The van der Waals surface area contributed by atoms with E-state index in [2.05, 4.69) is 33.0 Å². The predicted octanol–water partition coefficient (Wildman–Crippen LogP) is 2.83. The molecule has 86 valence electrons. The Balaban J connectivity index is 3.14. The zero-order valence-electron chi connectivity index (χ0n) is 10.5. The second kappa shape index (κ2) is 7.24. The topological polar surface area (TPSA) is 21.3 Å². The summed E-state index contributed by atoms with van der Waals surface area (Å²) in [5.41, 5.74) is 0.401. The lowest BCUT2D eigenvalue weighted by Gasteiger charge is -2.17. The van der Waals surface area contributed by atoms with E-state index in [0.717, 1.165) is 26.1 Å². The monoisotopic (exact) mass is 201 g/mol. The molecule has 0 fully saturated rings. The molecule has 0 radical (unpaired) electrons. The fourth-order valence-electron chi connectivity index (χ4n) is 1.12. The van der Waals surface area contributed by atoms with Crippen molar-refractivity contribution in [2.24, 2.45) is 5.41 Å². The van der Waals surface area contributed by atoms with Gasteiger partial charge < -0.3 is 10.1 Å². The van der Waals surface area contributed by atoms with Gasteiger partial charge in [-0.2, -0.15) is 0 Å². The van der Waals surface area contributed by atoms with Crippen LogP contribution in [0.25, 0.3) is 0 Å². The van der Waals surface area contributed by atoms with Gasteiger partial charge in [0.2, 0.25) is 0 Å². The first-order valence-corrected chi connectivity index (χ1v) is 5.71. The van der Waals surface area contributed by atoms with Crippen molar-refractivity contribution in [1.82, 2.24) is 5.32 Å². The summed E-state index contributed by atoms with van der Waals surface area (Å²) in [6, 6.07) is 0.612. The van der Waals surface area contributed by atoms with Gasteiger partial charge in [0, 0.05) is 19.3 Å². The van der Waals surface area contributed by atoms with Crippen molar-refractivity contribution < 1.29 is 4.74 Å². The molecule has 0 amide bonds. The molecule has 0 aliphatic rings. The average molecular weight is 201 g/mol. The second-order valence-electron chi connectivity index (χ2n) is 5.25. The summed E-state index contributed by atoms with van der Waals surface area (Å²) in [7, 11) is 2.01. The Morgan fingerprint density at radius 3 is 2.36 bits per heavy atom. The first kappa shape index (κ1) is 13.9. The standard InChI is InChI=1S/C12H27NO/c1-11(13-5)7-6-9-14-10-8-12(2,3)4/h11,13H,6-10H2,1-5H3. The van der Waals surface area contributed by atoms with Crippen LogP contribution < -0.4 is 5.32 Å². The van der Waals surface area contributed by atoms with Crippen LogP contribution in [-0.4, -0.2) is 26.3 Å². The molecule has 14 heavy (non-hydrogen) atoms. The van der Waals surface area contributed by atoms with Gasteiger partial charge in [0.05, 0.1) is 0 Å². The smallest absolute Gasteiger partial charge is 0.0471 e. The molecular formula is C12H27NO. The molecular weight excluding hydrogens is 174 g/mol. The lowest BCUT2D eigenvalue weighted by molar-refractivity contribution is 0.104. The van der Waals surface area contributed by atoms with Crippen molar-refractivity contribution in [3.05, 3.63) is 0 Å². The van der Waals surface area contributed by atoms with Gasteiger partial charge in [-0.25, -0.2) is 0 Å². The van der Waals surface area contributed by atoms with Gasteiger partial charge in [-0.05, 0) is 38.6 Å². The lowest BCUT2D eigenvalue weighted by Crippen LogP contribution is -2.21. The van der Waals surface area contributed by atoms with Crippen LogP contribution in [0, 0.1) is 5.41 Å². The summed E-state index contributed by atoms with van der Waals surface area (Å²) >= 11 is 0. The minimum absolute atomic E-state index is 0.401. The lowest BCUT2D eigenvalue weighted by atomic mass is 9.93. The molecule has 0 aliphatic heterocycles. The Hall–Kier alpha value is -0.0800. The first-order chi connectivity index (χ1) is 6.45. The van der Waals surface area contributed by atoms with E-state index in [1.165, 1.54) is 6.42 Å². The van der Waals surface area contributed by atoms with Crippen molar-refractivity contribution in [3.8, 4) is 0 Å². The third-order valence-electron chi connectivity index (χ3n) is 2.42. The second-order valence-corrected chi connectivity index (χ2v) is 5.25. The Labute approximate surface area is 89.4 Å². The number of nitrogens with one attached hydrogen (secondary N) is 1. The molecule has 0 spiro atoms. The molecule has 0 bridgehead atoms. The van der Waals surface area contributed by atoms with Crippen LogP contribution in [0.2, 0.25) is 0 Å². The fourth-order valence-corrected chi connectivity index (χ4v) is 1.12. The third kappa shape index (κ3) is 10.0. The normalized spacial score (nSPS) is 14.4. The van der Waals surface area contributed by atoms with Gasteiger partial charge in [0.1, 0.15) is 0 Å². The van der Waals surface area contributed by atoms with Gasteiger partial charge in [-0.1, -0.05) is 20.8 Å². The Bertz CT molecular complexity index is 129. The third-order valence-corrected chi connectivity index (χ3v) is 2.42. The zero-order chi connectivity index (χ0) is 11.0. The maximum Gasteiger partial charge on any atom is 0.0471 e. The highest BCUT2D eigenvalue weighted by atomic mass is 16.5. The fraction of sp³-hybridized carbons (Fsp3) is 1.00. The van der Waals surface area contributed by atoms with Gasteiger partial charge in [0.15, 0.2) is 0 Å². The molecule has 1 unspecified atom stereocenters. The summed E-state index contributed by atoms with van der Waals surface area (Å²) in [5, 5.41) is 3.22. The highest BCUT2D eigenvalue weighted by Crippen LogP contribution is 2.17. The summed E-state index contributed by atoms with van der Waals surface area (Å²) in [6.07, 6.45) is 3.51. The number of hydrogen-bond donors (Lipinski definition) is 1.